The van der Waals surface area contributed by atoms with Crippen molar-refractivity contribution in [1.82, 2.24) is 9.29 Å². The number of thiazole rings is 1. The molecule has 2 heterocycles. The normalized spacial score (nSPS) is 22.8. The molecule has 0 bridgehead atoms. The Morgan fingerprint density at radius 2 is 2.44 bits per heavy atom. The molecule has 1 saturated heterocycles. The van der Waals surface area contributed by atoms with Crippen molar-refractivity contribution in [3.63, 3.8) is 0 Å². The molecule has 1 aliphatic heterocycles. The van der Waals surface area contributed by atoms with Crippen molar-refractivity contribution in [2.45, 2.75) is 30.0 Å². The van der Waals surface area contributed by atoms with Gasteiger partial charge in [-0.25, -0.2) is 13.4 Å². The van der Waals surface area contributed by atoms with E-state index in [1.54, 1.807) is 6.92 Å². The highest BCUT2D eigenvalue weighted by Gasteiger charge is 2.35. The number of aliphatic hydroxyl groups is 1. The number of hydrogen-bond donors (Lipinski definition) is 1. The molecule has 0 unspecified atom stereocenters. The predicted molar refractivity (Wildman–Crippen MR) is 60.9 cm³/mol. The fourth-order valence-electron chi connectivity index (χ4n) is 1.88. The van der Waals surface area contributed by atoms with Gasteiger partial charge in [-0.2, -0.15) is 4.31 Å². The number of sulfonamides is 1. The van der Waals surface area contributed by atoms with Crippen LogP contribution in [0.5, 0.6) is 0 Å². The molecule has 0 radical (unpaired) electrons. The summed E-state index contributed by atoms with van der Waals surface area (Å²) in [5.74, 6) is 0. The first-order valence-corrected chi connectivity index (χ1v) is 7.36. The van der Waals surface area contributed by atoms with Gasteiger partial charge in [0.25, 0.3) is 10.0 Å². The number of aliphatic hydroxyl groups excluding tert-OH is 1. The molecule has 0 aliphatic carbocycles. The summed E-state index contributed by atoms with van der Waals surface area (Å²) in [6.07, 6.45) is 2.93. The van der Waals surface area contributed by atoms with Gasteiger partial charge in [-0.1, -0.05) is 0 Å². The molecule has 2 rings (SSSR count). The summed E-state index contributed by atoms with van der Waals surface area (Å²) in [7, 11) is -3.45. The van der Waals surface area contributed by atoms with Gasteiger partial charge in [0.1, 0.15) is 0 Å². The van der Waals surface area contributed by atoms with Gasteiger partial charge in [0.2, 0.25) is 0 Å². The Balaban J connectivity index is 2.32. The fraction of sp³-hybridized carbons (Fsp3) is 0.667. The maximum absolute atomic E-state index is 12.2. The summed E-state index contributed by atoms with van der Waals surface area (Å²) < 4.78 is 26.1. The molecule has 1 aliphatic rings. The molecule has 7 heteroatoms. The monoisotopic (exact) mass is 262 g/mol. The molecule has 1 N–H and O–H groups in total. The van der Waals surface area contributed by atoms with Crippen LogP contribution in [0.25, 0.3) is 0 Å². The first-order chi connectivity index (χ1) is 7.55. The Bertz CT molecular complexity index is 469. The van der Waals surface area contributed by atoms with E-state index in [0.717, 1.165) is 17.8 Å². The Morgan fingerprint density at radius 3 is 3.00 bits per heavy atom. The average molecular weight is 262 g/mol. The van der Waals surface area contributed by atoms with E-state index in [9.17, 15) is 8.42 Å². The van der Waals surface area contributed by atoms with Crippen molar-refractivity contribution >= 4 is 21.4 Å². The lowest BCUT2D eigenvalue weighted by Crippen LogP contribution is -2.37. The molecule has 0 amide bonds. The molecule has 0 saturated carbocycles. The topological polar surface area (TPSA) is 70.5 Å². The van der Waals surface area contributed by atoms with Crippen LogP contribution in [0.15, 0.2) is 10.4 Å². The van der Waals surface area contributed by atoms with Crippen LogP contribution < -0.4 is 0 Å². The van der Waals surface area contributed by atoms with E-state index in [-0.39, 0.29) is 16.9 Å². The smallest absolute Gasteiger partial charge is 0.254 e. The zero-order chi connectivity index (χ0) is 11.8. The number of hydrogen-bond acceptors (Lipinski definition) is 5. The Morgan fingerprint density at radius 1 is 1.69 bits per heavy atom. The number of rotatable bonds is 3. The van der Waals surface area contributed by atoms with E-state index in [0.29, 0.717) is 6.54 Å². The lowest BCUT2D eigenvalue weighted by atomic mass is 10.2. The molecule has 5 nitrogen and oxygen atoms in total. The number of nitrogens with zero attached hydrogens (tertiary/aromatic N) is 2. The maximum atomic E-state index is 12.2. The molecule has 1 aromatic heterocycles. The number of aromatic nitrogens is 1. The molecule has 1 aromatic rings. The zero-order valence-corrected chi connectivity index (χ0v) is 10.6. The minimum Gasteiger partial charge on any atom is -0.395 e. The third-order valence-electron chi connectivity index (χ3n) is 2.70. The van der Waals surface area contributed by atoms with Gasteiger partial charge in [0.05, 0.1) is 17.8 Å². The van der Waals surface area contributed by atoms with Crippen LogP contribution in [0.1, 0.15) is 17.8 Å². The molecule has 1 atom stereocenters. The minimum absolute atomic E-state index is 0.114. The van der Waals surface area contributed by atoms with E-state index in [1.165, 1.54) is 21.8 Å². The van der Waals surface area contributed by atoms with Crippen LogP contribution in [0.3, 0.4) is 0 Å². The van der Waals surface area contributed by atoms with Crippen molar-refractivity contribution in [1.29, 1.82) is 0 Å². The van der Waals surface area contributed by atoms with Crippen molar-refractivity contribution in [2.24, 2.45) is 0 Å². The summed E-state index contributed by atoms with van der Waals surface area (Å²) in [6, 6.07) is -0.271. The summed E-state index contributed by atoms with van der Waals surface area (Å²) in [6.45, 7) is 2.15. The molecule has 16 heavy (non-hydrogen) atoms. The van der Waals surface area contributed by atoms with Crippen LogP contribution in [-0.4, -0.2) is 42.0 Å². The lowest BCUT2D eigenvalue weighted by molar-refractivity contribution is 0.213. The number of aryl methyl sites for hydroxylation is 1. The first-order valence-electron chi connectivity index (χ1n) is 5.11. The second kappa shape index (κ2) is 4.40. The second-order valence-corrected chi connectivity index (χ2v) is 7.14. The molecule has 1 fully saturated rings. The van der Waals surface area contributed by atoms with E-state index >= 15 is 0 Å². The highest BCUT2D eigenvalue weighted by molar-refractivity contribution is 7.91. The molecular formula is C9H14N2O3S2. The predicted octanol–water partition coefficient (Wildman–Crippen LogP) is 0.597. The fourth-order valence-corrected chi connectivity index (χ4v) is 4.81. The van der Waals surface area contributed by atoms with Crippen molar-refractivity contribution in [2.75, 3.05) is 13.2 Å². The van der Waals surface area contributed by atoms with Crippen LogP contribution in [0, 0.1) is 6.92 Å². The Hall–Kier alpha value is -0.500. The highest BCUT2D eigenvalue weighted by atomic mass is 32.2. The SMILES string of the molecule is Cc1ncc(S(=O)(=O)N2CCC[C@H]2CO)s1. The zero-order valence-electron chi connectivity index (χ0n) is 8.96. The summed E-state index contributed by atoms with van der Waals surface area (Å²) in [5.41, 5.74) is 0. The first kappa shape index (κ1) is 12.0. The van der Waals surface area contributed by atoms with E-state index < -0.39 is 10.0 Å². The lowest BCUT2D eigenvalue weighted by Gasteiger charge is -2.21. The van der Waals surface area contributed by atoms with Crippen molar-refractivity contribution in [3.05, 3.63) is 11.2 Å². The average Bonchev–Trinajstić information content (AvgIpc) is 2.85. The molecule has 0 spiro atoms. The van der Waals surface area contributed by atoms with Crippen LogP contribution in [0.2, 0.25) is 0 Å². The van der Waals surface area contributed by atoms with E-state index in [2.05, 4.69) is 4.98 Å². The quantitative estimate of drug-likeness (QED) is 0.866. The maximum Gasteiger partial charge on any atom is 0.254 e. The standard InChI is InChI=1S/C9H14N2O3S2/c1-7-10-5-9(15-7)16(13,14)11-4-2-3-8(11)6-12/h5,8,12H,2-4,6H2,1H3/t8-/m0/s1. The van der Waals surface area contributed by atoms with Gasteiger partial charge in [-0.05, 0) is 19.8 Å². The van der Waals surface area contributed by atoms with Gasteiger partial charge in [-0.15, -0.1) is 11.3 Å². The highest BCUT2D eigenvalue weighted by Crippen LogP contribution is 2.28. The van der Waals surface area contributed by atoms with Crippen LogP contribution in [0.4, 0.5) is 0 Å². The second-order valence-electron chi connectivity index (χ2n) is 3.79. The van der Waals surface area contributed by atoms with E-state index in [1.807, 2.05) is 0 Å². The van der Waals surface area contributed by atoms with E-state index in [4.69, 9.17) is 5.11 Å². The third kappa shape index (κ3) is 2.00. The summed E-state index contributed by atoms with van der Waals surface area (Å²) in [5, 5.41) is 9.87. The van der Waals surface area contributed by atoms with Crippen LogP contribution >= 0.6 is 11.3 Å². The Labute approximate surface area is 98.8 Å². The largest absolute Gasteiger partial charge is 0.395 e. The van der Waals surface area contributed by atoms with Gasteiger partial charge >= 0.3 is 0 Å². The van der Waals surface area contributed by atoms with Crippen LogP contribution in [-0.2, 0) is 10.0 Å². The molecular weight excluding hydrogens is 248 g/mol. The molecule has 90 valence electrons. The van der Waals surface area contributed by atoms with Gasteiger partial charge in [-0.3, -0.25) is 0 Å². The van der Waals surface area contributed by atoms with Crippen molar-refractivity contribution < 1.29 is 13.5 Å². The van der Waals surface area contributed by atoms with Gasteiger partial charge in [0, 0.05) is 12.6 Å². The van der Waals surface area contributed by atoms with Crippen molar-refractivity contribution in [3.8, 4) is 0 Å². The minimum atomic E-state index is -3.45. The molecule has 0 aromatic carbocycles. The summed E-state index contributed by atoms with van der Waals surface area (Å²) in [4.78, 5) is 3.96. The Kier molecular flexibility index (Phi) is 3.29. The summed E-state index contributed by atoms with van der Waals surface area (Å²) >= 11 is 1.17. The van der Waals surface area contributed by atoms with Gasteiger partial charge in [0.15, 0.2) is 4.21 Å². The van der Waals surface area contributed by atoms with Gasteiger partial charge < -0.3 is 5.11 Å². The third-order valence-corrected chi connectivity index (χ3v) is 6.00.